The number of para-hydroxylation sites is 4. The predicted molar refractivity (Wildman–Crippen MR) is 283 cm³/mol. The summed E-state index contributed by atoms with van der Waals surface area (Å²) in [6, 6.07) is 28.0. The maximum absolute atomic E-state index is 10.5. The van der Waals surface area contributed by atoms with Crippen molar-refractivity contribution in [2.45, 2.75) is 52.4 Å². The van der Waals surface area contributed by atoms with Crippen molar-refractivity contribution in [2.24, 2.45) is 0 Å². The van der Waals surface area contributed by atoms with E-state index in [0.29, 0.717) is 22.7 Å². The third-order valence-corrected chi connectivity index (χ3v) is 13.1. The number of nitrogens with zero attached hydrogens (tertiary/aromatic N) is 4. The Morgan fingerprint density at radius 1 is 0.364 bits per heavy atom. The lowest BCUT2D eigenvalue weighted by Gasteiger charge is -2.27. The number of benzene rings is 9. The van der Waals surface area contributed by atoms with Gasteiger partial charge in [-0.25, -0.2) is 0 Å². The van der Waals surface area contributed by atoms with Crippen molar-refractivity contribution in [1.29, 1.82) is 0 Å². The molecule has 0 fully saturated rings. The van der Waals surface area contributed by atoms with Gasteiger partial charge in [-0.3, -0.25) is 0 Å². The van der Waals surface area contributed by atoms with Gasteiger partial charge in [-0.2, -0.15) is 0 Å². The zero-order chi connectivity index (χ0) is 56.8. The van der Waals surface area contributed by atoms with E-state index in [1.807, 2.05) is 109 Å². The van der Waals surface area contributed by atoms with Gasteiger partial charge in [0.25, 0.3) is 0 Å². The van der Waals surface area contributed by atoms with Crippen molar-refractivity contribution in [2.75, 3.05) is 9.80 Å². The SMILES string of the molecule is [2H]c1c([2H])c([2H])c2c(c1[2H])c1c(N(c3ccccc3)c3ccc(C(C)(C)C)cc3)c([2H])c([2H])c3c4c([2H])c5c(c([2H])c4n2c31)c1c([2H])c([2H])c(N(c2ccccc2)c2ccc(C(C)(C)C)cc2)c2c3c([2H])c([2H])c([2H])c([2H])c3n5c12. The molecule has 0 radical (unpaired) electrons. The molecule has 318 valence electrons. The van der Waals surface area contributed by atoms with Gasteiger partial charge < -0.3 is 18.6 Å². The fraction of sp³-hybridized carbons (Fsp3) is 0.129. The third-order valence-electron chi connectivity index (χ3n) is 13.1. The molecular weight excluding hydrogens is 801 g/mol. The van der Waals surface area contributed by atoms with Crippen molar-refractivity contribution < 1.29 is 19.2 Å². The molecule has 0 N–H and O–H groups in total. The van der Waals surface area contributed by atoms with Crippen LogP contribution < -0.4 is 9.80 Å². The van der Waals surface area contributed by atoms with E-state index < -0.39 is 48.3 Å². The quantitative estimate of drug-likeness (QED) is 0.165. The van der Waals surface area contributed by atoms with Crippen molar-refractivity contribution in [3.8, 4) is 0 Å². The van der Waals surface area contributed by atoms with E-state index in [4.69, 9.17) is 5.48 Å². The molecule has 66 heavy (non-hydrogen) atoms. The second-order valence-corrected chi connectivity index (χ2v) is 19.1. The van der Waals surface area contributed by atoms with E-state index in [1.165, 1.54) is 8.80 Å². The Kier molecular flexibility index (Phi) is 5.63. The molecule has 4 aromatic heterocycles. The smallest absolute Gasteiger partial charge is 0.0653 e. The molecule has 0 unspecified atom stereocenters. The highest BCUT2D eigenvalue weighted by Gasteiger charge is 2.28. The number of hydrogen-bond donors (Lipinski definition) is 0. The molecular formula is C62H50N4. The molecule has 13 rings (SSSR count). The van der Waals surface area contributed by atoms with E-state index in [0.717, 1.165) is 11.1 Å². The van der Waals surface area contributed by atoms with Crippen molar-refractivity contribution in [1.82, 2.24) is 8.80 Å². The van der Waals surface area contributed by atoms with Crippen LogP contribution in [0.1, 0.15) is 71.9 Å². The lowest BCUT2D eigenvalue weighted by molar-refractivity contribution is 0.590. The zero-order valence-electron chi connectivity index (χ0n) is 51.2. The van der Waals surface area contributed by atoms with Gasteiger partial charge in [0.1, 0.15) is 0 Å². The lowest BCUT2D eigenvalue weighted by Crippen LogP contribution is -2.13. The van der Waals surface area contributed by atoms with E-state index in [9.17, 15) is 13.7 Å². The van der Waals surface area contributed by atoms with Gasteiger partial charge in [-0.05, 0) is 107 Å². The van der Waals surface area contributed by atoms with Crippen LogP contribution in [0.5, 0.6) is 0 Å². The Morgan fingerprint density at radius 3 is 1.11 bits per heavy atom. The summed E-state index contributed by atoms with van der Waals surface area (Å²) in [4.78, 5) is 3.60. The fourth-order valence-electron chi connectivity index (χ4n) is 9.93. The van der Waals surface area contributed by atoms with Crippen LogP contribution in [0.15, 0.2) is 194 Å². The molecule has 13 aromatic rings. The van der Waals surface area contributed by atoms with Gasteiger partial charge in [-0.1, -0.05) is 151 Å². The van der Waals surface area contributed by atoms with Gasteiger partial charge >= 0.3 is 0 Å². The molecule has 0 aliphatic carbocycles. The Morgan fingerprint density at radius 2 is 0.727 bits per heavy atom. The van der Waals surface area contributed by atoms with Crippen molar-refractivity contribution >= 4 is 110 Å². The number of hydrogen-bond acceptors (Lipinski definition) is 2. The minimum atomic E-state index is -0.566. The Hall–Kier alpha value is -7.82. The first-order valence-corrected chi connectivity index (χ1v) is 22.1. The fourth-order valence-corrected chi connectivity index (χ4v) is 9.93. The van der Waals surface area contributed by atoms with E-state index in [2.05, 4.69) is 41.5 Å². The number of anilines is 6. The normalized spacial score (nSPS) is 15.7. The maximum atomic E-state index is 10.5. The Balaban J connectivity index is 1.26. The van der Waals surface area contributed by atoms with Gasteiger partial charge in [0.2, 0.25) is 0 Å². The summed E-state index contributed by atoms with van der Waals surface area (Å²) in [5, 5.41) is 0.434. The van der Waals surface area contributed by atoms with Crippen LogP contribution in [-0.2, 0) is 10.8 Å². The number of aromatic nitrogens is 2. The van der Waals surface area contributed by atoms with Gasteiger partial charge in [0.05, 0.1) is 63.7 Å². The zero-order valence-corrected chi connectivity index (χ0v) is 37.2. The van der Waals surface area contributed by atoms with Crippen molar-refractivity contribution in [3.05, 3.63) is 205 Å². The van der Waals surface area contributed by atoms with Crippen LogP contribution in [0.25, 0.3) is 76.2 Å². The highest BCUT2D eigenvalue weighted by atomic mass is 15.2. The number of fused-ring (bicyclic) bond motifs is 12. The molecule has 0 saturated carbocycles. The average molecular weight is 865 g/mol. The molecule has 9 aromatic carbocycles. The van der Waals surface area contributed by atoms with Crippen LogP contribution in [-0.4, -0.2) is 8.80 Å². The average Bonchev–Trinajstić information content (AvgIpc) is 4.21. The van der Waals surface area contributed by atoms with Gasteiger partial charge in [0, 0.05) is 65.8 Å². The first kappa shape index (κ1) is 26.8. The van der Waals surface area contributed by atoms with Crippen LogP contribution >= 0.6 is 0 Å². The summed E-state index contributed by atoms with van der Waals surface area (Å²) < 4.78 is 139. The molecule has 4 heteroatoms. The molecule has 0 aliphatic rings. The number of rotatable bonds is 6. The van der Waals surface area contributed by atoms with Crippen LogP contribution in [0.3, 0.4) is 0 Å². The molecule has 4 nitrogen and oxygen atoms in total. The first-order valence-electron chi connectivity index (χ1n) is 29.1. The van der Waals surface area contributed by atoms with E-state index in [1.54, 1.807) is 9.80 Å². The van der Waals surface area contributed by atoms with E-state index >= 15 is 0 Å². The van der Waals surface area contributed by atoms with Gasteiger partial charge in [-0.15, -0.1) is 0 Å². The second-order valence-electron chi connectivity index (χ2n) is 19.1. The highest BCUT2D eigenvalue weighted by molar-refractivity contribution is 6.32. The maximum Gasteiger partial charge on any atom is 0.0653 e. The minimum Gasteiger partial charge on any atom is -0.310 e. The summed E-state index contributed by atoms with van der Waals surface area (Å²) in [6.45, 7) is 12.6. The first-order chi connectivity index (χ1) is 37.9. The second kappa shape index (κ2) is 13.8. The summed E-state index contributed by atoms with van der Waals surface area (Å²) >= 11 is 0. The lowest BCUT2D eigenvalue weighted by atomic mass is 9.87. The summed E-state index contributed by atoms with van der Waals surface area (Å²) in [7, 11) is 0. The largest absolute Gasteiger partial charge is 0.310 e. The molecule has 0 bridgehead atoms. The minimum absolute atomic E-state index is 0.0137. The molecule has 4 heterocycles. The Bertz CT molecular complexity index is 4500. The summed E-state index contributed by atoms with van der Waals surface area (Å²) in [5.74, 6) is 0. The monoisotopic (exact) mass is 864 g/mol. The van der Waals surface area contributed by atoms with Crippen LogP contribution in [0.2, 0.25) is 0 Å². The van der Waals surface area contributed by atoms with E-state index in [-0.39, 0.29) is 135 Å². The molecule has 0 atom stereocenters. The van der Waals surface area contributed by atoms with Crippen LogP contribution in [0.4, 0.5) is 34.1 Å². The van der Waals surface area contributed by atoms with Crippen molar-refractivity contribution in [3.63, 3.8) is 0 Å². The molecule has 0 amide bonds. The topological polar surface area (TPSA) is 15.3 Å². The molecule has 0 aliphatic heterocycles. The molecule has 0 saturated heterocycles. The third kappa shape index (κ3) is 5.51. The predicted octanol–water partition coefficient (Wildman–Crippen LogP) is 17.5. The molecule has 0 spiro atoms. The Labute approximate surface area is 404 Å². The van der Waals surface area contributed by atoms with Crippen LogP contribution in [0, 0.1) is 0 Å². The van der Waals surface area contributed by atoms with Gasteiger partial charge in [0.15, 0.2) is 0 Å². The highest BCUT2D eigenvalue weighted by Crippen LogP contribution is 2.51. The standard InChI is InChI=1S/C62H50N4/c1-61(2,3)39-25-29-43(30-26-39)63(41-17-9-7-10-18-41)53-35-33-45-49-37-56-50(38-55(49)65-51-23-15-13-21-47(51)57(53)59(45)65)46-34-36-54(58-48-22-14-16-24-52(48)66(56)60(46)58)64(42-19-11-8-12-20-42)44-31-27-40(28-32-44)62(4,5)6/h7-38H,1-6H3/i13D,14D,15D,16D,21D,22D,23D,24D,33D,34D,35D,36D,37D,38D. The summed E-state index contributed by atoms with van der Waals surface area (Å²) in [5.41, 5.74) is 4.42. The summed E-state index contributed by atoms with van der Waals surface area (Å²) in [6.07, 6.45) is 0.